The fraction of sp³-hybridized carbons (Fsp3) is 0.471. The van der Waals surface area contributed by atoms with E-state index in [1.807, 2.05) is 17.7 Å². The lowest BCUT2D eigenvalue weighted by molar-refractivity contribution is 0.0667. The summed E-state index contributed by atoms with van der Waals surface area (Å²) in [5.74, 6) is 0.985. The van der Waals surface area contributed by atoms with Crippen molar-refractivity contribution in [1.82, 2.24) is 14.5 Å². The number of aromatic nitrogens is 2. The van der Waals surface area contributed by atoms with Crippen LogP contribution in [0, 0.1) is 0 Å². The minimum atomic E-state index is 0.333. The van der Waals surface area contributed by atoms with Gasteiger partial charge < -0.3 is 9.30 Å². The molecule has 1 unspecified atom stereocenters. The molecule has 3 rings (SSSR count). The second kappa shape index (κ2) is 7.27. The van der Waals surface area contributed by atoms with Crippen LogP contribution in [0.4, 0.5) is 0 Å². The lowest BCUT2D eigenvalue weighted by Crippen LogP contribution is -2.32. The molecule has 2 aromatic rings. The van der Waals surface area contributed by atoms with Crippen LogP contribution in [-0.4, -0.2) is 33.7 Å². The van der Waals surface area contributed by atoms with Crippen LogP contribution in [0.5, 0.6) is 0 Å². The van der Waals surface area contributed by atoms with Crippen molar-refractivity contribution in [3.8, 4) is 0 Å². The zero-order valence-electron chi connectivity index (χ0n) is 12.9. The van der Waals surface area contributed by atoms with Gasteiger partial charge in [-0.1, -0.05) is 41.9 Å². The Morgan fingerprint density at radius 1 is 1.32 bits per heavy atom. The molecule has 5 heteroatoms. The molecular formula is C17H22ClN3O. The van der Waals surface area contributed by atoms with Gasteiger partial charge in [-0.3, -0.25) is 4.90 Å². The largest absolute Gasteiger partial charge is 0.377 e. The standard InChI is InChI=1S/C17H22ClN3O/c1-20-16(18)10-19-17(20)13-21(12-15-8-5-9-22-15)11-14-6-3-2-4-7-14/h2-4,6-7,10,15H,5,8-9,11-13H2,1H3. The van der Waals surface area contributed by atoms with Gasteiger partial charge in [-0.25, -0.2) is 4.98 Å². The summed E-state index contributed by atoms with van der Waals surface area (Å²) in [6.45, 7) is 3.49. The van der Waals surface area contributed by atoms with Gasteiger partial charge in [0, 0.05) is 26.7 Å². The number of hydrogen-bond donors (Lipinski definition) is 0. The van der Waals surface area contributed by atoms with Crippen LogP contribution in [0.25, 0.3) is 0 Å². The van der Waals surface area contributed by atoms with Crippen LogP contribution in [0.2, 0.25) is 5.15 Å². The number of ether oxygens (including phenoxy) is 1. The summed E-state index contributed by atoms with van der Waals surface area (Å²) in [7, 11) is 1.96. The maximum absolute atomic E-state index is 6.10. The van der Waals surface area contributed by atoms with Crippen LogP contribution in [0.3, 0.4) is 0 Å². The van der Waals surface area contributed by atoms with Crippen molar-refractivity contribution >= 4 is 11.6 Å². The van der Waals surface area contributed by atoms with Crippen molar-refractivity contribution in [3.63, 3.8) is 0 Å². The summed E-state index contributed by atoms with van der Waals surface area (Å²) in [4.78, 5) is 6.81. The van der Waals surface area contributed by atoms with Gasteiger partial charge in [-0.15, -0.1) is 0 Å². The first-order valence-corrected chi connectivity index (χ1v) is 8.14. The van der Waals surface area contributed by atoms with Gasteiger partial charge in [-0.05, 0) is 18.4 Å². The summed E-state index contributed by atoms with van der Waals surface area (Å²) in [5, 5.41) is 0.673. The van der Waals surface area contributed by atoms with E-state index in [1.165, 1.54) is 5.56 Å². The third-order valence-corrected chi connectivity index (χ3v) is 4.48. The minimum absolute atomic E-state index is 0.333. The van der Waals surface area contributed by atoms with Gasteiger partial charge in [0.1, 0.15) is 11.0 Å². The molecule has 1 aromatic carbocycles. The number of rotatable bonds is 6. The van der Waals surface area contributed by atoms with Gasteiger partial charge >= 0.3 is 0 Å². The SMILES string of the molecule is Cn1c(Cl)cnc1CN(Cc1ccccc1)CC1CCCO1. The number of benzene rings is 1. The highest BCUT2D eigenvalue weighted by atomic mass is 35.5. The maximum Gasteiger partial charge on any atom is 0.128 e. The Balaban J connectivity index is 1.71. The lowest BCUT2D eigenvalue weighted by atomic mass is 10.2. The molecule has 0 N–H and O–H groups in total. The summed E-state index contributed by atoms with van der Waals surface area (Å²) in [6, 6.07) is 10.5. The van der Waals surface area contributed by atoms with E-state index in [0.717, 1.165) is 44.9 Å². The van der Waals surface area contributed by atoms with Crippen LogP contribution in [0.1, 0.15) is 24.2 Å². The van der Waals surface area contributed by atoms with Gasteiger partial charge in [0.05, 0.1) is 18.8 Å². The van der Waals surface area contributed by atoms with Gasteiger partial charge in [0.15, 0.2) is 0 Å². The summed E-state index contributed by atoms with van der Waals surface area (Å²) in [6.07, 6.45) is 4.35. The van der Waals surface area contributed by atoms with Crippen LogP contribution >= 0.6 is 11.6 Å². The van der Waals surface area contributed by atoms with E-state index in [0.29, 0.717) is 11.3 Å². The maximum atomic E-state index is 6.10. The molecule has 22 heavy (non-hydrogen) atoms. The van der Waals surface area contributed by atoms with Crippen molar-refractivity contribution in [1.29, 1.82) is 0 Å². The number of imidazole rings is 1. The van der Waals surface area contributed by atoms with E-state index >= 15 is 0 Å². The topological polar surface area (TPSA) is 30.3 Å². The smallest absolute Gasteiger partial charge is 0.128 e. The predicted octanol–water partition coefficient (Wildman–Crippen LogP) is 3.25. The third-order valence-electron chi connectivity index (χ3n) is 4.13. The monoisotopic (exact) mass is 319 g/mol. The Morgan fingerprint density at radius 3 is 2.77 bits per heavy atom. The summed E-state index contributed by atoms with van der Waals surface area (Å²) in [5.41, 5.74) is 1.31. The first kappa shape index (κ1) is 15.5. The van der Waals surface area contributed by atoms with Crippen molar-refractivity contribution in [3.05, 3.63) is 53.1 Å². The number of halogens is 1. The molecule has 1 atom stereocenters. The van der Waals surface area contributed by atoms with Crippen molar-refractivity contribution in [2.45, 2.75) is 32.0 Å². The fourth-order valence-corrected chi connectivity index (χ4v) is 3.02. The summed E-state index contributed by atoms with van der Waals surface area (Å²) < 4.78 is 7.74. The Hall–Kier alpha value is -1.36. The molecule has 0 radical (unpaired) electrons. The van der Waals surface area contributed by atoms with E-state index in [4.69, 9.17) is 16.3 Å². The third kappa shape index (κ3) is 3.88. The molecule has 4 nitrogen and oxygen atoms in total. The van der Waals surface area contributed by atoms with Gasteiger partial charge in [0.25, 0.3) is 0 Å². The first-order chi connectivity index (χ1) is 10.7. The minimum Gasteiger partial charge on any atom is -0.377 e. The Labute approximate surface area is 136 Å². The second-order valence-electron chi connectivity index (χ2n) is 5.85. The molecule has 1 aromatic heterocycles. The predicted molar refractivity (Wildman–Crippen MR) is 87.7 cm³/mol. The zero-order chi connectivity index (χ0) is 15.4. The van der Waals surface area contributed by atoms with Crippen LogP contribution < -0.4 is 0 Å². The highest BCUT2D eigenvalue weighted by molar-refractivity contribution is 6.29. The first-order valence-electron chi connectivity index (χ1n) is 7.76. The van der Waals surface area contributed by atoms with E-state index < -0.39 is 0 Å². The van der Waals surface area contributed by atoms with E-state index in [2.05, 4.69) is 34.1 Å². The fourth-order valence-electron chi connectivity index (χ4n) is 2.87. The molecule has 0 aliphatic carbocycles. The quantitative estimate of drug-likeness (QED) is 0.818. The molecule has 0 bridgehead atoms. The van der Waals surface area contributed by atoms with Gasteiger partial charge in [-0.2, -0.15) is 0 Å². The Bertz CT molecular complexity index is 593. The van der Waals surface area contributed by atoms with E-state index in [-0.39, 0.29) is 0 Å². The molecule has 118 valence electrons. The highest BCUT2D eigenvalue weighted by Crippen LogP contribution is 2.18. The van der Waals surface area contributed by atoms with Crippen molar-refractivity contribution < 1.29 is 4.74 Å². The van der Waals surface area contributed by atoms with Crippen LogP contribution in [-0.2, 0) is 24.9 Å². The molecule has 0 amide bonds. The Kier molecular flexibility index (Phi) is 5.13. The number of nitrogens with zero attached hydrogens (tertiary/aromatic N) is 3. The highest BCUT2D eigenvalue weighted by Gasteiger charge is 2.20. The molecule has 0 saturated carbocycles. The second-order valence-corrected chi connectivity index (χ2v) is 6.23. The van der Waals surface area contributed by atoms with Crippen LogP contribution in [0.15, 0.2) is 36.5 Å². The van der Waals surface area contributed by atoms with Crippen molar-refractivity contribution in [2.75, 3.05) is 13.2 Å². The lowest BCUT2D eigenvalue weighted by Gasteiger charge is -2.25. The average molecular weight is 320 g/mol. The molecule has 1 aliphatic rings. The molecule has 1 saturated heterocycles. The Morgan fingerprint density at radius 2 is 2.14 bits per heavy atom. The molecule has 0 spiro atoms. The average Bonchev–Trinajstić information content (AvgIpc) is 3.14. The summed E-state index contributed by atoms with van der Waals surface area (Å²) >= 11 is 6.10. The zero-order valence-corrected chi connectivity index (χ0v) is 13.7. The molecule has 1 fully saturated rings. The molecule has 1 aliphatic heterocycles. The van der Waals surface area contributed by atoms with Gasteiger partial charge in [0.2, 0.25) is 0 Å². The van der Waals surface area contributed by atoms with E-state index in [1.54, 1.807) is 6.20 Å². The van der Waals surface area contributed by atoms with E-state index in [9.17, 15) is 0 Å². The normalized spacial score (nSPS) is 18.2. The molecular weight excluding hydrogens is 298 g/mol. The molecule has 2 heterocycles. The van der Waals surface area contributed by atoms with Crippen molar-refractivity contribution in [2.24, 2.45) is 7.05 Å². The number of hydrogen-bond acceptors (Lipinski definition) is 3.